The minimum absolute atomic E-state index is 0.0924. The van der Waals surface area contributed by atoms with Gasteiger partial charge in [0.2, 0.25) is 5.91 Å². The van der Waals surface area contributed by atoms with Gasteiger partial charge >= 0.3 is 0 Å². The van der Waals surface area contributed by atoms with Crippen molar-refractivity contribution in [2.45, 2.75) is 6.54 Å². The van der Waals surface area contributed by atoms with Crippen LogP contribution in [0.25, 0.3) is 6.08 Å². The minimum Gasteiger partial charge on any atom is -0.872 e. The van der Waals surface area contributed by atoms with Gasteiger partial charge in [0.1, 0.15) is 13.2 Å². The Morgan fingerprint density at radius 2 is 1.92 bits per heavy atom. The molecule has 0 radical (unpaired) electrons. The molecule has 0 aliphatic carbocycles. The number of nitro groups is 1. The van der Waals surface area contributed by atoms with Crippen LogP contribution < -0.4 is 19.9 Å². The van der Waals surface area contributed by atoms with E-state index < -0.39 is 10.8 Å². The number of non-ortho nitro benzene ring substituents is 1. The highest BCUT2D eigenvalue weighted by molar-refractivity contribution is 5.91. The molecular weight excluding hydrogens is 340 g/mol. The van der Waals surface area contributed by atoms with E-state index >= 15 is 0 Å². The molecule has 26 heavy (non-hydrogen) atoms. The average molecular weight is 355 g/mol. The quantitative estimate of drug-likeness (QED) is 0.497. The minimum atomic E-state index is -0.591. The molecule has 0 fully saturated rings. The monoisotopic (exact) mass is 355 g/mol. The molecule has 0 unspecified atom stereocenters. The van der Waals surface area contributed by atoms with Crippen molar-refractivity contribution < 1.29 is 24.3 Å². The van der Waals surface area contributed by atoms with Crippen molar-refractivity contribution in [1.29, 1.82) is 0 Å². The number of nitro benzene ring substituents is 1. The zero-order valence-corrected chi connectivity index (χ0v) is 13.6. The lowest BCUT2D eigenvalue weighted by molar-refractivity contribution is -0.385. The van der Waals surface area contributed by atoms with E-state index in [0.29, 0.717) is 24.7 Å². The fourth-order valence-corrected chi connectivity index (χ4v) is 2.39. The lowest BCUT2D eigenvalue weighted by Crippen LogP contribution is -2.21. The molecular formula is C18H15N2O6-. The summed E-state index contributed by atoms with van der Waals surface area (Å²) in [5.74, 6) is 0.482. The number of nitrogens with zero attached hydrogens (tertiary/aromatic N) is 1. The number of carbonyl (C=O) groups is 1. The van der Waals surface area contributed by atoms with Gasteiger partial charge in [0.05, 0.1) is 4.92 Å². The van der Waals surface area contributed by atoms with Crippen molar-refractivity contribution in [2.75, 3.05) is 13.2 Å². The lowest BCUT2D eigenvalue weighted by Gasteiger charge is -2.18. The van der Waals surface area contributed by atoms with Crippen LogP contribution in [-0.2, 0) is 11.3 Å². The van der Waals surface area contributed by atoms with E-state index in [4.69, 9.17) is 9.47 Å². The Morgan fingerprint density at radius 1 is 1.15 bits per heavy atom. The zero-order chi connectivity index (χ0) is 18.5. The molecule has 1 aliphatic rings. The molecule has 0 saturated heterocycles. The summed E-state index contributed by atoms with van der Waals surface area (Å²) in [6.07, 6.45) is 2.91. The van der Waals surface area contributed by atoms with Gasteiger partial charge in [0.25, 0.3) is 5.69 Å². The molecule has 2 aromatic rings. The lowest BCUT2D eigenvalue weighted by atomic mass is 10.1. The Hall–Kier alpha value is -3.55. The highest BCUT2D eigenvalue weighted by Crippen LogP contribution is 2.31. The summed E-state index contributed by atoms with van der Waals surface area (Å²) < 4.78 is 10.9. The molecule has 0 bridgehead atoms. The van der Waals surface area contributed by atoms with Crippen LogP contribution in [0, 0.1) is 10.1 Å². The second kappa shape index (κ2) is 7.56. The number of nitrogens with one attached hydrogen (secondary N) is 1. The van der Waals surface area contributed by atoms with Gasteiger partial charge in [0.15, 0.2) is 11.5 Å². The van der Waals surface area contributed by atoms with Gasteiger partial charge < -0.3 is 19.9 Å². The van der Waals surface area contributed by atoms with Gasteiger partial charge in [-0.05, 0) is 29.3 Å². The molecule has 1 N–H and O–H groups in total. The Morgan fingerprint density at radius 3 is 2.69 bits per heavy atom. The molecule has 0 saturated carbocycles. The summed E-state index contributed by atoms with van der Waals surface area (Å²) in [6, 6.07) is 8.72. The van der Waals surface area contributed by atoms with Crippen LogP contribution in [0.2, 0.25) is 0 Å². The molecule has 2 aromatic carbocycles. The summed E-state index contributed by atoms with van der Waals surface area (Å²) in [7, 11) is 0. The van der Waals surface area contributed by atoms with E-state index in [1.807, 2.05) is 0 Å². The normalized spacial score (nSPS) is 12.8. The van der Waals surface area contributed by atoms with E-state index in [0.717, 1.165) is 23.8 Å². The maximum absolute atomic E-state index is 11.9. The standard InChI is InChI=1S/C18H16N2O6/c21-15-4-3-14(20(23)24)10-13(15)11-19-18(22)6-2-12-1-5-16-17(9-12)26-8-7-25-16/h1-6,9-10,21H,7-8,11H2,(H,19,22)/p-1/b6-2+. The van der Waals surface area contributed by atoms with E-state index in [1.165, 1.54) is 6.08 Å². The van der Waals surface area contributed by atoms with E-state index in [9.17, 15) is 20.0 Å². The second-order valence-corrected chi connectivity index (χ2v) is 5.50. The third kappa shape index (κ3) is 4.10. The SMILES string of the molecule is O=C(/C=C/c1ccc2c(c1)OCCO2)NCc1cc([N+](=O)[O-])ccc1[O-]. The number of hydrogen-bond donors (Lipinski definition) is 1. The highest BCUT2D eigenvalue weighted by atomic mass is 16.6. The molecule has 8 heteroatoms. The Balaban J connectivity index is 1.61. The Labute approximate surface area is 148 Å². The van der Waals surface area contributed by atoms with Gasteiger partial charge in [-0.1, -0.05) is 12.1 Å². The molecule has 1 aliphatic heterocycles. The molecule has 3 rings (SSSR count). The number of benzene rings is 2. The van der Waals surface area contributed by atoms with Crippen molar-refractivity contribution in [3.63, 3.8) is 0 Å². The fraction of sp³-hybridized carbons (Fsp3) is 0.167. The van der Waals surface area contributed by atoms with Crippen molar-refractivity contribution in [3.05, 3.63) is 63.7 Å². The van der Waals surface area contributed by atoms with Crippen LogP contribution >= 0.6 is 0 Å². The van der Waals surface area contributed by atoms with Crippen LogP contribution in [0.4, 0.5) is 5.69 Å². The van der Waals surface area contributed by atoms with Gasteiger partial charge in [0, 0.05) is 24.8 Å². The second-order valence-electron chi connectivity index (χ2n) is 5.50. The van der Waals surface area contributed by atoms with Gasteiger partial charge in [-0.15, -0.1) is 5.75 Å². The molecule has 1 heterocycles. The highest BCUT2D eigenvalue weighted by Gasteiger charge is 2.11. The smallest absolute Gasteiger partial charge is 0.269 e. The first-order valence-corrected chi connectivity index (χ1v) is 7.83. The fourth-order valence-electron chi connectivity index (χ4n) is 2.39. The Kier molecular flexibility index (Phi) is 5.02. The van der Waals surface area contributed by atoms with Crippen LogP contribution in [0.5, 0.6) is 17.2 Å². The predicted octanol–water partition coefficient (Wildman–Crippen LogP) is 1.77. The summed E-state index contributed by atoms with van der Waals surface area (Å²) >= 11 is 0. The van der Waals surface area contributed by atoms with Crippen molar-refractivity contribution >= 4 is 17.7 Å². The van der Waals surface area contributed by atoms with Crippen molar-refractivity contribution in [1.82, 2.24) is 5.32 Å². The maximum atomic E-state index is 11.9. The molecule has 134 valence electrons. The van der Waals surface area contributed by atoms with Crippen LogP contribution in [0.15, 0.2) is 42.5 Å². The topological polar surface area (TPSA) is 114 Å². The largest absolute Gasteiger partial charge is 0.872 e. The molecule has 0 aromatic heterocycles. The maximum Gasteiger partial charge on any atom is 0.269 e. The number of carbonyl (C=O) groups excluding carboxylic acids is 1. The summed E-state index contributed by atoms with van der Waals surface area (Å²) in [5, 5.41) is 25.0. The van der Waals surface area contributed by atoms with Crippen molar-refractivity contribution in [2.24, 2.45) is 0 Å². The molecule has 8 nitrogen and oxygen atoms in total. The van der Waals surface area contributed by atoms with Crippen molar-refractivity contribution in [3.8, 4) is 17.2 Å². The third-order valence-corrected chi connectivity index (χ3v) is 3.70. The summed E-state index contributed by atoms with van der Waals surface area (Å²) in [5.41, 5.74) is 0.713. The van der Waals surface area contributed by atoms with Gasteiger partial charge in [-0.3, -0.25) is 14.9 Å². The molecule has 0 spiro atoms. The predicted molar refractivity (Wildman–Crippen MR) is 90.9 cm³/mol. The number of hydrogen-bond acceptors (Lipinski definition) is 6. The first-order valence-electron chi connectivity index (χ1n) is 7.83. The average Bonchev–Trinajstić information content (AvgIpc) is 2.65. The molecule has 0 atom stereocenters. The van der Waals surface area contributed by atoms with E-state index in [1.54, 1.807) is 24.3 Å². The van der Waals surface area contributed by atoms with Crippen LogP contribution in [-0.4, -0.2) is 24.0 Å². The van der Waals surface area contributed by atoms with Crippen LogP contribution in [0.1, 0.15) is 11.1 Å². The zero-order valence-electron chi connectivity index (χ0n) is 13.6. The van der Waals surface area contributed by atoms with Gasteiger partial charge in [-0.25, -0.2) is 0 Å². The first kappa shape index (κ1) is 17.3. The number of rotatable bonds is 5. The number of amides is 1. The first-order chi connectivity index (χ1) is 12.5. The van der Waals surface area contributed by atoms with E-state index in [-0.39, 0.29) is 23.5 Å². The summed E-state index contributed by atoms with van der Waals surface area (Å²) in [4.78, 5) is 22.1. The summed E-state index contributed by atoms with van der Waals surface area (Å²) in [6.45, 7) is 0.885. The third-order valence-electron chi connectivity index (χ3n) is 3.70. The molecule has 1 amide bonds. The number of ether oxygens (including phenoxy) is 2. The van der Waals surface area contributed by atoms with E-state index in [2.05, 4.69) is 5.32 Å². The number of fused-ring (bicyclic) bond motifs is 1. The Bertz CT molecular complexity index is 878. The van der Waals surface area contributed by atoms with Crippen LogP contribution in [0.3, 0.4) is 0 Å². The van der Waals surface area contributed by atoms with Gasteiger partial charge in [-0.2, -0.15) is 0 Å².